The van der Waals surface area contributed by atoms with Gasteiger partial charge in [0.15, 0.2) is 25.2 Å². The Morgan fingerprint density at radius 3 is 1.38 bits per heavy atom. The van der Waals surface area contributed by atoms with Crippen LogP contribution < -0.4 is 0 Å². The summed E-state index contributed by atoms with van der Waals surface area (Å²) in [7, 11) is 0. The van der Waals surface area contributed by atoms with Gasteiger partial charge in [-0.15, -0.1) is 0 Å². The van der Waals surface area contributed by atoms with E-state index in [-0.39, 0.29) is 12.3 Å². The number of fused-ring (bicyclic) bond motifs is 3. The minimum Gasteiger partial charge on any atom is -0.432 e. The van der Waals surface area contributed by atoms with Crippen LogP contribution in [-0.4, -0.2) is 331 Å². The van der Waals surface area contributed by atoms with Gasteiger partial charge < -0.3 is 154 Å². The lowest BCUT2D eigenvalue weighted by atomic mass is 9.41. The summed E-state index contributed by atoms with van der Waals surface area (Å²) in [5.41, 5.74) is -3.13. The molecular weight excluding hydrogens is 1200 g/mol. The third-order valence-corrected chi connectivity index (χ3v) is 21.9. The number of carbonyl (C=O) groups excluding carboxylic acids is 1. The standard InChI is InChI=1S/C57H92O32/c1-20-12-56-9-5-29-54(2,7-4-8-55(29,3)53(78)88-51-45(85-48-42(75)39(72)34(67)25(15-60)80-48)21(31(64)23(13-58)83-51)11-22-32(65)38(71)33(66)24(14-59)79-22)30(56)6-10-57(20,19-56)89-52-47(87-50-44(77)41(74)36(69)27(17-62)82-50)46(37(70)28(18-63)84-52)86-49-43(76)40(73)35(68)26(16-61)81-49/h21-52,58-77H,1,4-19H2,2-3H3/t21?,22?,23?,24?,25?,26?,27?,28?,29?,30-,31?,32?,33?,34?,35?,36?,37?,38?,39?,40?,41?,42?,43?,44?,45?,46?,47?,48?,49?,50?,51?,52?,54+,55+,56+,57?/m0/s1. The summed E-state index contributed by atoms with van der Waals surface area (Å²) in [6.45, 7) is 3.30. The van der Waals surface area contributed by atoms with Crippen molar-refractivity contribution in [1.82, 2.24) is 0 Å². The smallest absolute Gasteiger partial charge is 0.314 e. The molecule has 10 fully saturated rings. The number of carbonyl (C=O) groups is 1. The summed E-state index contributed by atoms with van der Waals surface area (Å²) in [6.07, 6.45) is -48.2. The maximum Gasteiger partial charge on any atom is 0.314 e. The van der Waals surface area contributed by atoms with Gasteiger partial charge in [0.2, 0.25) is 6.29 Å². The second-order valence-electron chi connectivity index (χ2n) is 26.9. The van der Waals surface area contributed by atoms with E-state index < -0.39 is 264 Å². The Labute approximate surface area is 511 Å². The van der Waals surface area contributed by atoms with Crippen molar-refractivity contribution >= 4 is 5.97 Å². The highest BCUT2D eigenvalue weighted by atomic mass is 16.8. The number of aliphatic hydroxyl groups is 20. The summed E-state index contributed by atoms with van der Waals surface area (Å²) in [5, 5.41) is 215. The summed E-state index contributed by atoms with van der Waals surface area (Å²) < 4.78 is 67.4. The van der Waals surface area contributed by atoms with Gasteiger partial charge in [0, 0.05) is 5.92 Å². The van der Waals surface area contributed by atoms with Crippen molar-refractivity contribution in [2.24, 2.45) is 34.0 Å². The van der Waals surface area contributed by atoms with E-state index in [4.69, 9.17) is 52.1 Å². The van der Waals surface area contributed by atoms with E-state index >= 15 is 4.79 Å². The first-order valence-corrected chi connectivity index (χ1v) is 30.8. The molecule has 4 saturated carbocycles. The molecule has 6 heterocycles. The molecule has 512 valence electrons. The maximum atomic E-state index is 15.4. The van der Waals surface area contributed by atoms with Crippen molar-refractivity contribution in [3.05, 3.63) is 12.2 Å². The monoisotopic (exact) mass is 1290 g/mol. The molecule has 6 saturated heterocycles. The van der Waals surface area contributed by atoms with E-state index in [9.17, 15) is 102 Å². The summed E-state index contributed by atoms with van der Waals surface area (Å²) in [4.78, 5) is 15.4. The number of hydrogen-bond acceptors (Lipinski definition) is 32. The number of rotatable bonds is 18. The second kappa shape index (κ2) is 27.3. The molecule has 0 aromatic rings. The summed E-state index contributed by atoms with van der Waals surface area (Å²) in [5.74, 6) is -2.76. The molecule has 2 bridgehead atoms. The highest BCUT2D eigenvalue weighted by Crippen LogP contribution is 2.74. The van der Waals surface area contributed by atoms with Gasteiger partial charge in [-0.1, -0.05) is 19.9 Å². The first-order chi connectivity index (χ1) is 42.1. The zero-order valence-electron chi connectivity index (χ0n) is 49.3. The molecule has 32 heteroatoms. The maximum absolute atomic E-state index is 15.4. The molecule has 0 radical (unpaired) electrons. The molecule has 6 aliphatic heterocycles. The van der Waals surface area contributed by atoms with Crippen LogP contribution in [0.2, 0.25) is 0 Å². The molecule has 10 aliphatic rings. The average molecular weight is 1290 g/mol. The molecule has 1 spiro atoms. The Morgan fingerprint density at radius 1 is 0.449 bits per heavy atom. The number of hydrogen-bond donors (Lipinski definition) is 20. The lowest BCUT2D eigenvalue weighted by Gasteiger charge is -2.64. The fourth-order valence-electron chi connectivity index (χ4n) is 17.0. The molecule has 89 heavy (non-hydrogen) atoms. The van der Waals surface area contributed by atoms with Crippen LogP contribution in [0.25, 0.3) is 0 Å². The van der Waals surface area contributed by atoms with Crippen molar-refractivity contribution in [2.75, 3.05) is 39.6 Å². The average Bonchev–Trinajstić information content (AvgIpc) is 1.62. The largest absolute Gasteiger partial charge is 0.432 e. The lowest BCUT2D eigenvalue weighted by Crippen LogP contribution is -2.68. The Morgan fingerprint density at radius 2 is 0.865 bits per heavy atom. The molecule has 20 N–H and O–H groups in total. The van der Waals surface area contributed by atoms with E-state index in [1.54, 1.807) is 6.92 Å². The van der Waals surface area contributed by atoms with Gasteiger partial charge in [-0.25, -0.2) is 0 Å². The zero-order valence-corrected chi connectivity index (χ0v) is 49.3. The van der Waals surface area contributed by atoms with Gasteiger partial charge in [0.25, 0.3) is 0 Å². The summed E-state index contributed by atoms with van der Waals surface area (Å²) >= 11 is 0. The molecule has 36 atom stereocenters. The molecular formula is C57H92O32. The first-order valence-electron chi connectivity index (χ1n) is 30.8. The Hall–Kier alpha value is -1.99. The minimum absolute atomic E-state index is 0.134. The van der Waals surface area contributed by atoms with Gasteiger partial charge in [0.1, 0.15) is 134 Å². The molecule has 32 unspecified atom stereocenters. The number of esters is 1. The first kappa shape index (κ1) is 69.8. The van der Waals surface area contributed by atoms with Crippen LogP contribution in [0.1, 0.15) is 78.1 Å². The fraction of sp³-hybridized carbons (Fsp3) is 0.947. The normalized spacial score (nSPS) is 54.5. The van der Waals surface area contributed by atoms with Gasteiger partial charge in [0.05, 0.1) is 62.9 Å². The molecule has 4 aliphatic carbocycles. The third-order valence-electron chi connectivity index (χ3n) is 21.9. The van der Waals surface area contributed by atoms with Crippen LogP contribution >= 0.6 is 0 Å². The Balaban J connectivity index is 0.921. The van der Waals surface area contributed by atoms with Gasteiger partial charge >= 0.3 is 5.97 Å². The van der Waals surface area contributed by atoms with Crippen molar-refractivity contribution < 1.29 is 159 Å². The van der Waals surface area contributed by atoms with Crippen molar-refractivity contribution in [3.8, 4) is 0 Å². The minimum atomic E-state index is -2.02. The topological polar surface area (TPSA) is 523 Å². The van der Waals surface area contributed by atoms with Crippen LogP contribution in [0.5, 0.6) is 0 Å². The highest BCUT2D eigenvalue weighted by molar-refractivity contribution is 5.77. The van der Waals surface area contributed by atoms with Crippen LogP contribution in [0, 0.1) is 34.0 Å². The van der Waals surface area contributed by atoms with E-state index in [1.165, 1.54) is 0 Å². The summed E-state index contributed by atoms with van der Waals surface area (Å²) in [6, 6.07) is 0. The fourth-order valence-corrected chi connectivity index (χ4v) is 17.0. The quantitative estimate of drug-likeness (QED) is 0.0344. The van der Waals surface area contributed by atoms with Crippen LogP contribution in [0.3, 0.4) is 0 Å². The predicted octanol–water partition coefficient (Wildman–Crippen LogP) is -8.80. The third kappa shape index (κ3) is 12.3. The van der Waals surface area contributed by atoms with Crippen LogP contribution in [-0.2, 0) is 56.9 Å². The van der Waals surface area contributed by atoms with Crippen molar-refractivity contribution in [2.45, 2.75) is 262 Å². The number of aliphatic hydroxyl groups excluding tert-OH is 20. The van der Waals surface area contributed by atoms with E-state index in [0.717, 1.165) is 0 Å². The lowest BCUT2D eigenvalue weighted by molar-refractivity contribution is -0.400. The SMILES string of the molecule is C=C1C[C@@]23CCC4[C@](C)(C(=O)OC5OC(CO)C(O)C(CC6OC(CO)C(O)C(O)C6O)C5OC5OC(CO)C(O)C(O)C5O)CCC[C@@]4(C)[C@@H]2CCC1(OC1OC(CO)C(O)C(OC2OC(CO)C(O)C(O)C2O)C1OC1OC(CO)C(O)C(O)C1O)C3. The molecule has 10 rings (SSSR count). The Kier molecular flexibility index (Phi) is 21.4. The highest BCUT2D eigenvalue weighted by Gasteiger charge is 2.70. The predicted molar refractivity (Wildman–Crippen MR) is 288 cm³/mol. The second-order valence-corrected chi connectivity index (χ2v) is 26.9. The number of ether oxygens (including phenoxy) is 11. The van der Waals surface area contributed by atoms with E-state index in [2.05, 4.69) is 13.5 Å². The van der Waals surface area contributed by atoms with Crippen LogP contribution in [0.15, 0.2) is 12.2 Å². The van der Waals surface area contributed by atoms with E-state index in [1.807, 2.05) is 0 Å². The molecule has 0 aromatic heterocycles. The van der Waals surface area contributed by atoms with Gasteiger partial charge in [-0.05, 0) is 93.0 Å². The molecule has 32 nitrogen and oxygen atoms in total. The zero-order chi connectivity index (χ0) is 64.7. The van der Waals surface area contributed by atoms with Gasteiger partial charge in [-0.3, -0.25) is 4.79 Å². The van der Waals surface area contributed by atoms with Crippen molar-refractivity contribution in [1.29, 1.82) is 0 Å². The van der Waals surface area contributed by atoms with E-state index in [0.29, 0.717) is 56.9 Å². The van der Waals surface area contributed by atoms with Gasteiger partial charge in [-0.2, -0.15) is 0 Å². The molecule has 0 amide bonds. The van der Waals surface area contributed by atoms with Crippen molar-refractivity contribution in [3.63, 3.8) is 0 Å². The molecule has 0 aromatic carbocycles. The van der Waals surface area contributed by atoms with Crippen LogP contribution in [0.4, 0.5) is 0 Å². The Bertz CT molecular complexity index is 2390.